The number of rotatable bonds is 6. The molecule has 1 unspecified atom stereocenters. The fourth-order valence-electron chi connectivity index (χ4n) is 1.86. The normalized spacial score (nSPS) is 12.1. The number of hydrogen-bond acceptors (Lipinski definition) is 2. The highest BCUT2D eigenvalue weighted by Crippen LogP contribution is 2.11. The summed E-state index contributed by atoms with van der Waals surface area (Å²) in [5, 5.41) is 0. The predicted octanol–water partition coefficient (Wildman–Crippen LogP) is 3.60. The van der Waals surface area contributed by atoms with Crippen LogP contribution in [0.2, 0.25) is 0 Å². The summed E-state index contributed by atoms with van der Waals surface area (Å²) >= 11 is 0. The topological polar surface area (TPSA) is 34.1 Å². The van der Waals surface area contributed by atoms with E-state index >= 15 is 0 Å². The minimum Gasteiger partial charge on any atom is -0.294 e. The van der Waals surface area contributed by atoms with E-state index in [1.807, 2.05) is 18.2 Å². The number of halogens is 1. The molecule has 0 aliphatic carbocycles. The molecule has 0 bridgehead atoms. The highest BCUT2D eigenvalue weighted by Gasteiger charge is 2.08. The van der Waals surface area contributed by atoms with Gasteiger partial charge in [0.15, 0.2) is 5.78 Å². The van der Waals surface area contributed by atoms with Crippen LogP contribution < -0.4 is 0 Å². The summed E-state index contributed by atoms with van der Waals surface area (Å²) in [5.41, 5.74) is 0.670. The van der Waals surface area contributed by atoms with Gasteiger partial charge >= 0.3 is 0 Å². The van der Waals surface area contributed by atoms with Crippen molar-refractivity contribution in [3.8, 4) is 0 Å². The maximum Gasteiger partial charge on any atom is 0.162 e. The van der Waals surface area contributed by atoms with Crippen molar-refractivity contribution < 1.29 is 13.4 Å². The van der Waals surface area contributed by atoms with Gasteiger partial charge in [0.25, 0.3) is 0 Å². The standard InChI is InChI=1S/C16H15FO2S/c17-14-8-4-9-15(12-14)20(19)11-5-10-16(18)13-6-2-1-3-7-13/h1-4,6-9,12H,5,10-11H2. The van der Waals surface area contributed by atoms with Crippen LogP contribution >= 0.6 is 0 Å². The molecular weight excluding hydrogens is 275 g/mol. The lowest BCUT2D eigenvalue weighted by Crippen LogP contribution is -2.04. The fraction of sp³-hybridized carbons (Fsp3) is 0.188. The second-order valence-corrected chi connectivity index (χ2v) is 5.97. The van der Waals surface area contributed by atoms with E-state index in [4.69, 9.17) is 0 Å². The summed E-state index contributed by atoms with van der Waals surface area (Å²) in [4.78, 5) is 12.3. The third kappa shape index (κ3) is 4.10. The number of Topliss-reactive ketones (excluding diaryl/α,β-unsaturated/α-hetero) is 1. The molecule has 0 aliphatic heterocycles. The Kier molecular flexibility index (Phi) is 5.18. The van der Waals surface area contributed by atoms with Gasteiger partial charge in [0.1, 0.15) is 5.82 Å². The van der Waals surface area contributed by atoms with E-state index in [1.165, 1.54) is 18.2 Å². The molecule has 2 nitrogen and oxygen atoms in total. The minimum absolute atomic E-state index is 0.0434. The van der Waals surface area contributed by atoms with Gasteiger partial charge in [0.05, 0.1) is 10.8 Å². The zero-order valence-electron chi connectivity index (χ0n) is 10.9. The fourth-order valence-corrected chi connectivity index (χ4v) is 2.98. The van der Waals surface area contributed by atoms with Crippen molar-refractivity contribution in [2.24, 2.45) is 0 Å². The van der Waals surface area contributed by atoms with Crippen LogP contribution in [0, 0.1) is 5.82 Å². The van der Waals surface area contributed by atoms with Crippen LogP contribution in [0.3, 0.4) is 0 Å². The van der Waals surface area contributed by atoms with E-state index in [9.17, 15) is 13.4 Å². The van der Waals surface area contributed by atoms with E-state index in [2.05, 4.69) is 0 Å². The Hall–Kier alpha value is -1.81. The van der Waals surface area contributed by atoms with Crippen molar-refractivity contribution in [2.75, 3.05) is 5.75 Å². The van der Waals surface area contributed by atoms with Gasteiger partial charge in [0, 0.05) is 22.6 Å². The summed E-state index contributed by atoms with van der Waals surface area (Å²) in [6.07, 6.45) is 0.877. The van der Waals surface area contributed by atoms with Gasteiger partial charge in [-0.25, -0.2) is 4.39 Å². The van der Waals surface area contributed by atoms with Crippen LogP contribution in [0.5, 0.6) is 0 Å². The van der Waals surface area contributed by atoms with Crippen LogP contribution in [0.25, 0.3) is 0 Å². The molecule has 0 saturated carbocycles. The van der Waals surface area contributed by atoms with Crippen LogP contribution in [-0.4, -0.2) is 15.7 Å². The molecule has 0 radical (unpaired) electrons. The molecule has 0 spiro atoms. The second kappa shape index (κ2) is 7.10. The first-order chi connectivity index (χ1) is 9.66. The summed E-state index contributed by atoms with van der Waals surface area (Å²) in [5.74, 6) is 0.0141. The molecule has 0 amide bonds. The number of carbonyl (C=O) groups is 1. The van der Waals surface area contributed by atoms with Crippen molar-refractivity contribution in [3.63, 3.8) is 0 Å². The Morgan fingerprint density at radius 3 is 2.50 bits per heavy atom. The lowest BCUT2D eigenvalue weighted by atomic mass is 10.1. The first kappa shape index (κ1) is 14.6. The molecule has 0 saturated heterocycles. The van der Waals surface area contributed by atoms with Gasteiger partial charge in [-0.05, 0) is 24.6 Å². The first-order valence-corrected chi connectivity index (χ1v) is 7.71. The average Bonchev–Trinajstić information content (AvgIpc) is 2.48. The molecule has 1 atom stereocenters. The lowest BCUT2D eigenvalue weighted by molar-refractivity contribution is 0.0982. The summed E-state index contributed by atoms with van der Waals surface area (Å²) in [6.45, 7) is 0. The van der Waals surface area contributed by atoms with Crippen molar-refractivity contribution >= 4 is 16.6 Å². The molecular formula is C16H15FO2S. The van der Waals surface area contributed by atoms with Crippen molar-refractivity contribution in [1.82, 2.24) is 0 Å². The van der Waals surface area contributed by atoms with E-state index in [0.29, 0.717) is 29.1 Å². The molecule has 0 aliphatic rings. The largest absolute Gasteiger partial charge is 0.294 e. The van der Waals surface area contributed by atoms with E-state index in [-0.39, 0.29) is 5.78 Å². The van der Waals surface area contributed by atoms with Gasteiger partial charge in [0.2, 0.25) is 0 Å². The monoisotopic (exact) mass is 290 g/mol. The quantitative estimate of drug-likeness (QED) is 0.762. The Morgan fingerprint density at radius 2 is 1.80 bits per heavy atom. The predicted molar refractivity (Wildman–Crippen MR) is 77.7 cm³/mol. The van der Waals surface area contributed by atoms with E-state index in [1.54, 1.807) is 18.2 Å². The summed E-state index contributed by atoms with van der Waals surface area (Å²) < 4.78 is 25.0. The molecule has 0 aromatic heterocycles. The number of benzene rings is 2. The van der Waals surface area contributed by atoms with Gasteiger partial charge in [-0.3, -0.25) is 9.00 Å². The van der Waals surface area contributed by atoms with E-state index < -0.39 is 16.6 Å². The minimum atomic E-state index is -1.26. The number of ketones is 1. The molecule has 20 heavy (non-hydrogen) atoms. The van der Waals surface area contributed by atoms with Gasteiger partial charge in [-0.15, -0.1) is 0 Å². The summed E-state index contributed by atoms with van der Waals surface area (Å²) in [7, 11) is -1.26. The van der Waals surface area contributed by atoms with Crippen molar-refractivity contribution in [2.45, 2.75) is 17.7 Å². The molecule has 0 fully saturated rings. The molecule has 4 heteroatoms. The zero-order chi connectivity index (χ0) is 14.4. The van der Waals surface area contributed by atoms with Gasteiger partial charge in [-0.2, -0.15) is 0 Å². The molecule has 2 aromatic rings. The molecule has 0 heterocycles. The van der Waals surface area contributed by atoms with E-state index in [0.717, 1.165) is 0 Å². The number of hydrogen-bond donors (Lipinski definition) is 0. The lowest BCUT2D eigenvalue weighted by Gasteiger charge is -2.03. The first-order valence-electron chi connectivity index (χ1n) is 6.39. The SMILES string of the molecule is O=C(CCCS(=O)c1cccc(F)c1)c1ccccc1. The average molecular weight is 290 g/mol. The van der Waals surface area contributed by atoms with Crippen molar-refractivity contribution in [3.05, 3.63) is 66.0 Å². The maximum atomic E-state index is 13.0. The molecule has 2 rings (SSSR count). The van der Waals surface area contributed by atoms with Crippen LogP contribution in [0.1, 0.15) is 23.2 Å². The van der Waals surface area contributed by atoms with Crippen LogP contribution in [-0.2, 0) is 10.8 Å². The van der Waals surface area contributed by atoms with Crippen LogP contribution in [0.15, 0.2) is 59.5 Å². The van der Waals surface area contributed by atoms with Crippen molar-refractivity contribution in [1.29, 1.82) is 0 Å². The molecule has 104 valence electrons. The Balaban J connectivity index is 1.84. The Labute approximate surface area is 120 Å². The van der Waals surface area contributed by atoms with Gasteiger partial charge < -0.3 is 0 Å². The summed E-state index contributed by atoms with van der Waals surface area (Å²) in [6, 6.07) is 14.8. The smallest absolute Gasteiger partial charge is 0.162 e. The Bertz CT molecular complexity index is 611. The third-order valence-corrected chi connectivity index (χ3v) is 4.33. The molecule has 2 aromatic carbocycles. The highest BCUT2D eigenvalue weighted by molar-refractivity contribution is 7.85. The maximum absolute atomic E-state index is 13.0. The Morgan fingerprint density at radius 1 is 1.05 bits per heavy atom. The van der Waals surface area contributed by atoms with Crippen LogP contribution in [0.4, 0.5) is 4.39 Å². The second-order valence-electron chi connectivity index (χ2n) is 4.40. The number of carbonyl (C=O) groups excluding carboxylic acids is 1. The molecule has 0 N–H and O–H groups in total. The highest BCUT2D eigenvalue weighted by atomic mass is 32.2. The zero-order valence-corrected chi connectivity index (χ0v) is 11.7. The van der Waals surface area contributed by atoms with Gasteiger partial charge in [-0.1, -0.05) is 36.4 Å². The third-order valence-electron chi connectivity index (χ3n) is 2.89.